The van der Waals surface area contributed by atoms with Crippen LogP contribution in [0.2, 0.25) is 5.02 Å². The van der Waals surface area contributed by atoms with Crippen LogP contribution in [0, 0.1) is 0 Å². The summed E-state index contributed by atoms with van der Waals surface area (Å²) in [6, 6.07) is 18.9. The van der Waals surface area contributed by atoms with Gasteiger partial charge in [-0.15, -0.1) is 0 Å². The van der Waals surface area contributed by atoms with Gasteiger partial charge in [0.2, 0.25) is 10.0 Å². The van der Waals surface area contributed by atoms with E-state index in [-0.39, 0.29) is 27.9 Å². The van der Waals surface area contributed by atoms with Gasteiger partial charge in [0.15, 0.2) is 0 Å². The molecule has 6 nitrogen and oxygen atoms in total. The molecule has 8 heteroatoms. The molecule has 3 rings (SSSR count). The van der Waals surface area contributed by atoms with Gasteiger partial charge in [0, 0.05) is 37.0 Å². The number of halogens is 1. The van der Waals surface area contributed by atoms with Gasteiger partial charge in [-0.05, 0) is 35.9 Å². The van der Waals surface area contributed by atoms with Crippen molar-refractivity contribution in [3.63, 3.8) is 0 Å². The zero-order valence-corrected chi connectivity index (χ0v) is 17.1. The van der Waals surface area contributed by atoms with E-state index in [4.69, 9.17) is 11.6 Å². The van der Waals surface area contributed by atoms with Crippen LogP contribution in [-0.2, 0) is 23.0 Å². The van der Waals surface area contributed by atoms with Crippen LogP contribution in [0.15, 0.2) is 77.8 Å². The Labute approximate surface area is 175 Å². The quantitative estimate of drug-likeness (QED) is 0.575. The number of carbonyl (C=O) groups is 1. The monoisotopic (exact) mass is 429 g/mol. The molecule has 0 saturated heterocycles. The Hall–Kier alpha value is -2.74. The van der Waals surface area contributed by atoms with Gasteiger partial charge in [0.25, 0.3) is 5.91 Å². The number of carbonyl (C=O) groups excluding carboxylic acids is 1. The van der Waals surface area contributed by atoms with Crippen LogP contribution in [0.3, 0.4) is 0 Å². The molecule has 2 N–H and O–H groups in total. The topological polar surface area (TPSA) is 88.2 Å². The molecule has 0 spiro atoms. The third kappa shape index (κ3) is 5.87. The summed E-state index contributed by atoms with van der Waals surface area (Å²) in [7, 11) is -3.88. The van der Waals surface area contributed by atoms with Gasteiger partial charge in [-0.25, -0.2) is 13.1 Å². The van der Waals surface area contributed by atoms with Crippen molar-refractivity contribution in [1.82, 2.24) is 15.0 Å². The highest BCUT2D eigenvalue weighted by Crippen LogP contribution is 2.23. The number of benzene rings is 2. The SMILES string of the molecule is O=C(NCCc1ccccn1)c1ccc(Cl)c(S(=O)(=O)NCc2ccccc2)c1. The zero-order valence-electron chi connectivity index (χ0n) is 15.5. The minimum atomic E-state index is -3.88. The highest BCUT2D eigenvalue weighted by molar-refractivity contribution is 7.89. The van der Waals surface area contributed by atoms with E-state index in [1.54, 1.807) is 6.20 Å². The molecule has 1 heterocycles. The number of aromatic nitrogens is 1. The van der Waals surface area contributed by atoms with Gasteiger partial charge in [0.05, 0.1) is 5.02 Å². The first-order chi connectivity index (χ1) is 14.0. The van der Waals surface area contributed by atoms with Crippen molar-refractivity contribution in [1.29, 1.82) is 0 Å². The van der Waals surface area contributed by atoms with Crippen LogP contribution >= 0.6 is 11.6 Å². The second-order valence-electron chi connectivity index (χ2n) is 6.28. The summed E-state index contributed by atoms with van der Waals surface area (Å²) < 4.78 is 27.8. The predicted molar refractivity (Wildman–Crippen MR) is 112 cm³/mol. The normalized spacial score (nSPS) is 11.2. The van der Waals surface area contributed by atoms with E-state index in [0.717, 1.165) is 11.3 Å². The Kier molecular flexibility index (Phi) is 6.98. The fraction of sp³-hybridized carbons (Fsp3) is 0.143. The molecule has 0 aliphatic carbocycles. The molecule has 0 atom stereocenters. The second-order valence-corrected chi connectivity index (χ2v) is 8.42. The number of hydrogen-bond donors (Lipinski definition) is 2. The first-order valence-electron chi connectivity index (χ1n) is 8.97. The number of hydrogen-bond acceptors (Lipinski definition) is 4. The fourth-order valence-electron chi connectivity index (χ4n) is 2.65. The molecule has 1 amide bonds. The van der Waals surface area contributed by atoms with Crippen molar-refractivity contribution in [2.45, 2.75) is 17.9 Å². The lowest BCUT2D eigenvalue weighted by Crippen LogP contribution is -2.27. The maximum atomic E-state index is 12.7. The van der Waals surface area contributed by atoms with Gasteiger partial charge in [0.1, 0.15) is 4.90 Å². The third-order valence-corrected chi connectivity index (χ3v) is 6.07. The van der Waals surface area contributed by atoms with Crippen molar-refractivity contribution in [3.8, 4) is 0 Å². The van der Waals surface area contributed by atoms with Gasteiger partial charge in [-0.2, -0.15) is 0 Å². The number of rotatable bonds is 8. The molecule has 2 aromatic carbocycles. The van der Waals surface area contributed by atoms with Crippen LogP contribution in [0.25, 0.3) is 0 Å². The zero-order chi connectivity index (χ0) is 20.7. The lowest BCUT2D eigenvalue weighted by molar-refractivity contribution is 0.0954. The molecule has 0 aliphatic rings. The minimum Gasteiger partial charge on any atom is -0.352 e. The van der Waals surface area contributed by atoms with E-state index >= 15 is 0 Å². The molecule has 0 aliphatic heterocycles. The van der Waals surface area contributed by atoms with Crippen molar-refractivity contribution >= 4 is 27.5 Å². The third-order valence-electron chi connectivity index (χ3n) is 4.18. The number of amides is 1. The van der Waals surface area contributed by atoms with E-state index < -0.39 is 10.0 Å². The first-order valence-corrected chi connectivity index (χ1v) is 10.8. The van der Waals surface area contributed by atoms with E-state index in [9.17, 15) is 13.2 Å². The van der Waals surface area contributed by atoms with Crippen LogP contribution in [0.5, 0.6) is 0 Å². The predicted octanol–water partition coefficient (Wildman–Crippen LogP) is 3.19. The van der Waals surface area contributed by atoms with Crippen molar-refractivity contribution in [2.24, 2.45) is 0 Å². The fourth-order valence-corrected chi connectivity index (χ4v) is 4.20. The van der Waals surface area contributed by atoms with Crippen molar-refractivity contribution in [3.05, 3.63) is 94.8 Å². The van der Waals surface area contributed by atoms with Gasteiger partial charge < -0.3 is 5.32 Å². The molecule has 0 fully saturated rings. The highest BCUT2D eigenvalue weighted by Gasteiger charge is 2.20. The second kappa shape index (κ2) is 9.65. The van der Waals surface area contributed by atoms with Crippen LogP contribution in [0.4, 0.5) is 0 Å². The van der Waals surface area contributed by atoms with Crippen LogP contribution < -0.4 is 10.0 Å². The molecule has 0 saturated carbocycles. The van der Waals surface area contributed by atoms with Gasteiger partial charge >= 0.3 is 0 Å². The molecule has 3 aromatic rings. The summed E-state index contributed by atoms with van der Waals surface area (Å²) in [5.41, 5.74) is 1.89. The maximum absolute atomic E-state index is 12.7. The van der Waals surface area contributed by atoms with Crippen LogP contribution in [-0.4, -0.2) is 25.9 Å². The van der Waals surface area contributed by atoms with Gasteiger partial charge in [-0.3, -0.25) is 9.78 Å². The molecule has 0 unspecified atom stereocenters. The highest BCUT2D eigenvalue weighted by atomic mass is 35.5. The number of nitrogens with one attached hydrogen (secondary N) is 2. The summed E-state index contributed by atoms with van der Waals surface area (Å²) >= 11 is 6.09. The Morgan fingerprint density at radius 2 is 1.76 bits per heavy atom. The first kappa shape index (κ1) is 21.0. The van der Waals surface area contributed by atoms with E-state index in [1.165, 1.54) is 18.2 Å². The number of nitrogens with zero attached hydrogens (tertiary/aromatic N) is 1. The summed E-state index contributed by atoms with van der Waals surface area (Å²) in [5.74, 6) is -0.378. The smallest absolute Gasteiger partial charge is 0.251 e. The molecule has 1 aromatic heterocycles. The van der Waals surface area contributed by atoms with Crippen LogP contribution in [0.1, 0.15) is 21.6 Å². The van der Waals surface area contributed by atoms with E-state index in [0.29, 0.717) is 13.0 Å². The number of pyridine rings is 1. The average molecular weight is 430 g/mol. The Bertz CT molecular complexity index is 1070. The average Bonchev–Trinajstić information content (AvgIpc) is 2.74. The van der Waals surface area contributed by atoms with Gasteiger partial charge in [-0.1, -0.05) is 48.0 Å². The summed E-state index contributed by atoms with van der Waals surface area (Å²) in [5, 5.41) is 2.82. The maximum Gasteiger partial charge on any atom is 0.251 e. The lowest BCUT2D eigenvalue weighted by Gasteiger charge is -2.11. The number of sulfonamides is 1. The molecule has 29 heavy (non-hydrogen) atoms. The van der Waals surface area contributed by atoms with Crippen molar-refractivity contribution < 1.29 is 13.2 Å². The lowest BCUT2D eigenvalue weighted by atomic mass is 10.2. The molecule has 150 valence electrons. The summed E-state index contributed by atoms with van der Waals surface area (Å²) in [4.78, 5) is 16.5. The molecule has 0 bridgehead atoms. The molecular formula is C21H20ClN3O3S. The van der Waals surface area contributed by atoms with Crippen molar-refractivity contribution in [2.75, 3.05) is 6.54 Å². The molecular weight excluding hydrogens is 410 g/mol. The van der Waals surface area contributed by atoms with E-state index in [2.05, 4.69) is 15.0 Å². The summed E-state index contributed by atoms with van der Waals surface area (Å²) in [6.07, 6.45) is 2.26. The largest absolute Gasteiger partial charge is 0.352 e. The standard InChI is InChI=1S/C21H20ClN3O3S/c22-19-10-9-17(21(26)24-13-11-18-8-4-5-12-23-18)14-20(19)29(27,28)25-15-16-6-2-1-3-7-16/h1-10,12,14,25H,11,13,15H2,(H,24,26). The van der Waals surface area contributed by atoms with E-state index in [1.807, 2.05) is 48.5 Å². The molecule has 0 radical (unpaired) electrons. The Morgan fingerprint density at radius 3 is 2.48 bits per heavy atom. The minimum absolute atomic E-state index is 0.0515. The summed E-state index contributed by atoms with van der Waals surface area (Å²) in [6.45, 7) is 0.507. The Morgan fingerprint density at radius 1 is 1.00 bits per heavy atom. The Balaban J connectivity index is 1.67.